The number of fused-ring (bicyclic) bond motifs is 1. The first kappa shape index (κ1) is 22.5. The van der Waals surface area contributed by atoms with E-state index in [0.29, 0.717) is 0 Å². The third kappa shape index (κ3) is 8.41. The Kier molecular flexibility index (Phi) is 20.2. The molecule has 0 saturated heterocycles. The monoisotopic (exact) mass is 362 g/mol. The van der Waals surface area contributed by atoms with Gasteiger partial charge in [-0.05, 0) is 0 Å². The van der Waals surface area contributed by atoms with Crippen LogP contribution in [0.4, 0.5) is 0 Å². The summed E-state index contributed by atoms with van der Waals surface area (Å²) in [4.78, 5) is 0. The Morgan fingerprint density at radius 1 is 1.19 bits per heavy atom. The summed E-state index contributed by atoms with van der Waals surface area (Å²) in [6.07, 6.45) is 0. The zero-order chi connectivity index (χ0) is 9.52. The number of rotatable bonds is 1. The maximum atomic E-state index is 4.54. The predicted octanol–water partition coefficient (Wildman–Crippen LogP) is 3.15. The molecule has 2 aromatic rings. The Hall–Kier alpha value is 1.32. The van der Waals surface area contributed by atoms with Crippen molar-refractivity contribution in [1.29, 1.82) is 0 Å². The molecule has 2 rings (SSSR count). The molecule has 83 valence electrons. The van der Waals surface area contributed by atoms with Crippen molar-refractivity contribution < 1.29 is 29.0 Å². The molecule has 0 fully saturated rings. The SMILES string of the molecule is Cl.Cl.[CH3][Al][O][Al].[Zr].c1ccc2[cH-]ccc2c1. The molecule has 16 heavy (non-hydrogen) atoms. The van der Waals surface area contributed by atoms with Gasteiger partial charge in [0.25, 0.3) is 0 Å². The summed E-state index contributed by atoms with van der Waals surface area (Å²) in [7, 11) is 0. The molecule has 0 saturated carbocycles. The van der Waals surface area contributed by atoms with E-state index in [9.17, 15) is 0 Å². The predicted molar refractivity (Wildman–Crippen MR) is 72.5 cm³/mol. The largest absolute Gasteiger partial charge is 0.656 e. The van der Waals surface area contributed by atoms with Gasteiger partial charge in [0, 0.05) is 26.2 Å². The third-order valence-corrected chi connectivity index (χ3v) is 2.77. The van der Waals surface area contributed by atoms with E-state index in [1.54, 1.807) is 0 Å². The number of benzene rings is 1. The van der Waals surface area contributed by atoms with Gasteiger partial charge >= 0.3 is 32.2 Å². The summed E-state index contributed by atoms with van der Waals surface area (Å²) in [5.41, 5.74) is 0. The van der Waals surface area contributed by atoms with Crippen LogP contribution in [0.2, 0.25) is 5.79 Å². The minimum absolute atomic E-state index is 0. The summed E-state index contributed by atoms with van der Waals surface area (Å²) >= 11 is 2.44. The van der Waals surface area contributed by atoms with Gasteiger partial charge in [-0.15, -0.1) is 54.5 Å². The molecule has 0 aliphatic rings. The average Bonchev–Trinajstić information content (AvgIpc) is 2.66. The Morgan fingerprint density at radius 2 is 1.75 bits per heavy atom. The Balaban J connectivity index is -0.000000218. The summed E-state index contributed by atoms with van der Waals surface area (Å²) in [6.45, 7) is 0. The van der Waals surface area contributed by atoms with Crippen molar-refractivity contribution in [3.05, 3.63) is 42.5 Å². The van der Waals surface area contributed by atoms with Gasteiger partial charge in [-0.25, -0.2) is 0 Å². The van der Waals surface area contributed by atoms with Crippen LogP contribution in [0.5, 0.6) is 0 Å². The average molecular weight is 364 g/mol. The van der Waals surface area contributed by atoms with Crippen LogP contribution in [0.1, 0.15) is 0 Å². The van der Waals surface area contributed by atoms with E-state index in [4.69, 9.17) is 0 Å². The second-order valence-electron chi connectivity index (χ2n) is 2.53. The van der Waals surface area contributed by atoms with Crippen LogP contribution in [-0.2, 0) is 29.0 Å². The second-order valence-corrected chi connectivity index (χ2v) is 4.09. The molecule has 0 bridgehead atoms. The Bertz CT molecular complexity index is 325. The molecule has 0 aliphatic carbocycles. The summed E-state index contributed by atoms with van der Waals surface area (Å²) in [5.74, 6) is 2.02. The van der Waals surface area contributed by atoms with Crippen molar-refractivity contribution in [3.63, 3.8) is 0 Å². The topological polar surface area (TPSA) is 9.23 Å². The number of hydrogen-bond acceptors (Lipinski definition) is 1. The van der Waals surface area contributed by atoms with Gasteiger partial charge in [-0.3, -0.25) is 0 Å². The molecule has 1 nitrogen and oxygen atoms in total. The van der Waals surface area contributed by atoms with Crippen LogP contribution >= 0.6 is 24.8 Å². The van der Waals surface area contributed by atoms with Crippen LogP contribution in [-0.4, -0.2) is 32.2 Å². The first-order valence-corrected chi connectivity index (χ1v) is 6.22. The quantitative estimate of drug-likeness (QED) is 0.558. The van der Waals surface area contributed by atoms with E-state index >= 15 is 0 Å². The molecule has 0 aromatic heterocycles. The van der Waals surface area contributed by atoms with E-state index < -0.39 is 0 Å². The minimum Gasteiger partial charge on any atom is -0.656 e. The zero-order valence-electron chi connectivity index (χ0n) is 8.92. The standard InChI is InChI=1S/C9H7.CH3.2Al.2ClH.O.Zr/c1-2-5-9-7-3-6-8(9)4-1;;;;;;;/h1-7H;1H3;;;2*1H;;/q-1;;;;;;;. The molecule has 2 aromatic carbocycles. The van der Waals surface area contributed by atoms with Gasteiger partial charge in [0.05, 0.1) is 0 Å². The molecule has 3 radical (unpaired) electrons. The van der Waals surface area contributed by atoms with Crippen molar-refractivity contribution in [2.45, 2.75) is 5.79 Å². The van der Waals surface area contributed by atoms with E-state index in [1.165, 1.54) is 10.8 Å². The van der Waals surface area contributed by atoms with Gasteiger partial charge in [-0.2, -0.15) is 17.5 Å². The first-order chi connectivity index (χ1) is 6.38. The molecule has 6 heteroatoms. The van der Waals surface area contributed by atoms with E-state index in [0.717, 1.165) is 0 Å². The molecular formula is C10H12Al2Cl2OZr-. The van der Waals surface area contributed by atoms with E-state index in [-0.39, 0.29) is 66.6 Å². The van der Waals surface area contributed by atoms with Crippen molar-refractivity contribution >= 4 is 67.8 Å². The van der Waals surface area contributed by atoms with Gasteiger partial charge < -0.3 is 2.84 Å². The van der Waals surface area contributed by atoms with Crippen LogP contribution in [0, 0.1) is 0 Å². The second kappa shape index (κ2) is 14.4. The number of hydrogen-bond donors (Lipinski definition) is 0. The molecule has 0 atom stereocenters. The summed E-state index contributed by atoms with van der Waals surface area (Å²) < 4.78 is 4.54. The maximum absolute atomic E-state index is 4.54. The van der Waals surface area contributed by atoms with Crippen molar-refractivity contribution in [1.82, 2.24) is 0 Å². The van der Waals surface area contributed by atoms with Crippen molar-refractivity contribution in [3.8, 4) is 0 Å². The van der Waals surface area contributed by atoms with Crippen LogP contribution < -0.4 is 0 Å². The summed E-state index contributed by atoms with van der Waals surface area (Å²) in [6, 6.07) is 14.7. The fraction of sp³-hybridized carbons (Fsp3) is 0.100. The molecular weight excluding hydrogens is 352 g/mol. The normalized spacial score (nSPS) is 7.31. The smallest absolute Gasteiger partial charge is 0.386 e. The fourth-order valence-electron chi connectivity index (χ4n) is 1.07. The molecule has 0 N–H and O–H groups in total. The fourth-order valence-corrected chi connectivity index (χ4v) is 1.07. The summed E-state index contributed by atoms with van der Waals surface area (Å²) in [5, 5.41) is 2.66. The molecule has 0 heterocycles. The third-order valence-electron chi connectivity index (χ3n) is 1.68. The maximum Gasteiger partial charge on any atom is 0.386 e. The Labute approximate surface area is 143 Å². The molecule has 0 amide bonds. The Morgan fingerprint density at radius 3 is 2.25 bits per heavy atom. The van der Waals surface area contributed by atoms with Crippen LogP contribution in [0.3, 0.4) is 0 Å². The molecule has 0 unspecified atom stereocenters. The van der Waals surface area contributed by atoms with Crippen LogP contribution in [0.25, 0.3) is 10.8 Å². The minimum atomic E-state index is 0. The van der Waals surface area contributed by atoms with Crippen molar-refractivity contribution in [2.75, 3.05) is 0 Å². The van der Waals surface area contributed by atoms with E-state index in [2.05, 4.69) is 61.9 Å². The zero-order valence-corrected chi connectivity index (χ0v) is 15.3. The molecule has 0 aliphatic heterocycles. The number of halogens is 2. The van der Waals surface area contributed by atoms with Crippen molar-refractivity contribution in [2.24, 2.45) is 0 Å². The van der Waals surface area contributed by atoms with Gasteiger partial charge in [-0.1, -0.05) is 11.9 Å². The van der Waals surface area contributed by atoms with Gasteiger partial charge in [0.1, 0.15) is 0 Å². The van der Waals surface area contributed by atoms with Gasteiger partial charge in [0.15, 0.2) is 0 Å². The van der Waals surface area contributed by atoms with E-state index in [1.807, 2.05) is 5.79 Å². The van der Waals surface area contributed by atoms with Crippen LogP contribution in [0.15, 0.2) is 42.5 Å². The molecule has 0 spiro atoms. The first-order valence-electron chi connectivity index (χ1n) is 4.12. The van der Waals surface area contributed by atoms with Gasteiger partial charge in [0.2, 0.25) is 0 Å².